The number of nitrogens with zero attached hydrogens (tertiary/aromatic N) is 6. The lowest BCUT2D eigenvalue weighted by Gasteiger charge is -2.33. The first-order chi connectivity index (χ1) is 29.1. The van der Waals surface area contributed by atoms with Gasteiger partial charge in [0.05, 0.1) is 26.4 Å². The van der Waals surface area contributed by atoms with Crippen molar-refractivity contribution >= 4 is 86.3 Å². The summed E-state index contributed by atoms with van der Waals surface area (Å²) < 4.78 is 43.0. The number of anilines is 4. The maximum atomic E-state index is 13.6. The van der Waals surface area contributed by atoms with Crippen LogP contribution in [0.5, 0.6) is 0 Å². The molecular weight excluding hydrogens is 795 g/mol. The SMILES string of the molecule is CC(C)c1cc(N2CCCCCC2)cc2[s+]c3cc(N4CCOCC4)ccc3nc12.Cc1cc(N2CCOCC2)cc2[s+]c3cc(N4CCC(F)(F)CC4)cc(C)c3nc12. The molecule has 12 heteroatoms. The van der Waals surface area contributed by atoms with Gasteiger partial charge in [0.15, 0.2) is 0 Å². The standard InChI is InChI=1S/C25H32N3OS.C23H26F2N3OS/c1-18(2)21-15-20(27-9-5-3-4-6-10-27)17-24-25(21)26-22-8-7-19(16-23(22)30-24)28-11-13-29-14-12-28;1-15-11-17(27-5-3-23(24,25)4-6-27)13-19-21(15)26-22-16(2)12-18(14-20(22)30-19)28-7-9-29-10-8-28/h7-8,15-18H,3-6,9-14H2,1-2H3;11-14H,3-10H2,1-2H3/q2*+1. The average molecular weight is 853 g/mol. The van der Waals surface area contributed by atoms with E-state index in [-0.39, 0.29) is 12.8 Å². The Hall–Kier alpha value is -4.10. The summed E-state index contributed by atoms with van der Waals surface area (Å²) in [4.78, 5) is 19.6. The van der Waals surface area contributed by atoms with E-state index in [1.54, 1.807) is 11.3 Å². The first-order valence-electron chi connectivity index (χ1n) is 22.0. The van der Waals surface area contributed by atoms with E-state index in [2.05, 4.69) is 102 Å². The topological polar surface area (TPSA) is 57.2 Å². The van der Waals surface area contributed by atoms with Crippen LogP contribution in [0.15, 0.2) is 54.6 Å². The molecule has 4 fully saturated rings. The molecule has 2 aromatic heterocycles. The Bertz CT molecular complexity index is 2490. The third-order valence-corrected chi connectivity index (χ3v) is 14.8. The summed E-state index contributed by atoms with van der Waals surface area (Å²) >= 11 is 3.64. The van der Waals surface area contributed by atoms with Gasteiger partial charge in [-0.1, -0.05) is 26.7 Å². The number of benzene rings is 4. The molecule has 6 heterocycles. The molecule has 0 atom stereocenters. The number of piperidine rings is 1. The molecule has 0 spiro atoms. The Kier molecular flexibility index (Phi) is 12.2. The second kappa shape index (κ2) is 17.7. The highest BCUT2D eigenvalue weighted by atomic mass is 32.1. The largest absolute Gasteiger partial charge is 0.378 e. The fourth-order valence-corrected chi connectivity index (χ4v) is 11.4. The van der Waals surface area contributed by atoms with E-state index < -0.39 is 5.92 Å². The molecule has 0 saturated carbocycles. The Morgan fingerprint density at radius 1 is 0.533 bits per heavy atom. The highest BCUT2D eigenvalue weighted by Crippen LogP contribution is 2.39. The minimum Gasteiger partial charge on any atom is -0.378 e. The van der Waals surface area contributed by atoms with Crippen LogP contribution in [0, 0.1) is 13.8 Å². The number of fused-ring (bicyclic) bond motifs is 4. The van der Waals surface area contributed by atoms with Gasteiger partial charge in [-0.05, 0) is 79.6 Å². The fraction of sp³-hybridized carbons (Fsp3) is 0.500. The van der Waals surface area contributed by atoms with E-state index in [0.29, 0.717) is 19.0 Å². The first kappa shape index (κ1) is 41.3. The Balaban J connectivity index is 0.000000154. The molecule has 0 bridgehead atoms. The van der Waals surface area contributed by atoms with Gasteiger partial charge in [-0.2, -0.15) is 0 Å². The van der Waals surface area contributed by atoms with Crippen LogP contribution in [0.3, 0.4) is 0 Å². The summed E-state index contributed by atoms with van der Waals surface area (Å²) in [6.07, 6.45) is 5.17. The Morgan fingerprint density at radius 2 is 1.00 bits per heavy atom. The number of halogens is 2. The van der Waals surface area contributed by atoms with Crippen LogP contribution in [0.25, 0.3) is 40.9 Å². The summed E-state index contributed by atoms with van der Waals surface area (Å²) in [5.74, 6) is -2.07. The molecule has 4 aliphatic rings. The number of hydrogen-bond donors (Lipinski definition) is 0. The smallest absolute Gasteiger partial charge is 0.259 e. The number of alkyl halides is 2. The molecule has 0 unspecified atom stereocenters. The predicted molar refractivity (Wildman–Crippen MR) is 250 cm³/mol. The van der Waals surface area contributed by atoms with Crippen molar-refractivity contribution in [2.75, 3.05) is 98.4 Å². The van der Waals surface area contributed by atoms with E-state index >= 15 is 0 Å². The number of morpholine rings is 2. The predicted octanol–water partition coefficient (Wildman–Crippen LogP) is 11.5. The lowest BCUT2D eigenvalue weighted by atomic mass is 10.0. The molecule has 4 aliphatic heterocycles. The maximum Gasteiger partial charge on any atom is 0.259 e. The van der Waals surface area contributed by atoms with Crippen molar-refractivity contribution in [3.63, 3.8) is 0 Å². The summed E-state index contributed by atoms with van der Waals surface area (Å²) in [6.45, 7) is 18.8. The van der Waals surface area contributed by atoms with Gasteiger partial charge in [0.25, 0.3) is 24.7 Å². The van der Waals surface area contributed by atoms with Crippen molar-refractivity contribution in [1.29, 1.82) is 0 Å². The molecular formula is C48H58F2N6O2S2+2. The van der Waals surface area contributed by atoms with Gasteiger partial charge in [0.1, 0.15) is 22.1 Å². The summed E-state index contributed by atoms with van der Waals surface area (Å²) in [5.41, 5.74) is 12.9. The molecule has 6 aromatic rings. The quantitative estimate of drug-likeness (QED) is 0.126. The Labute approximate surface area is 360 Å². The molecule has 316 valence electrons. The molecule has 0 N–H and O–H groups in total. The molecule has 4 saturated heterocycles. The highest BCUT2D eigenvalue weighted by Gasteiger charge is 2.34. The molecule has 60 heavy (non-hydrogen) atoms. The van der Waals surface area contributed by atoms with Crippen molar-refractivity contribution in [3.05, 3.63) is 71.3 Å². The van der Waals surface area contributed by atoms with Crippen LogP contribution in [0.1, 0.15) is 75.0 Å². The van der Waals surface area contributed by atoms with E-state index in [4.69, 9.17) is 19.4 Å². The third kappa shape index (κ3) is 8.94. The van der Waals surface area contributed by atoms with Crippen LogP contribution in [0.4, 0.5) is 31.5 Å². The lowest BCUT2D eigenvalue weighted by molar-refractivity contribution is -0.0220. The molecule has 0 radical (unpaired) electrons. The monoisotopic (exact) mass is 852 g/mol. The maximum absolute atomic E-state index is 13.6. The van der Waals surface area contributed by atoms with Gasteiger partial charge in [0.2, 0.25) is 22.7 Å². The lowest BCUT2D eigenvalue weighted by Crippen LogP contribution is -2.39. The minimum atomic E-state index is -2.53. The summed E-state index contributed by atoms with van der Waals surface area (Å²) in [6, 6.07) is 20.2. The third-order valence-electron chi connectivity index (χ3n) is 12.6. The van der Waals surface area contributed by atoms with Crippen molar-refractivity contribution in [2.45, 2.75) is 78.1 Å². The zero-order valence-electron chi connectivity index (χ0n) is 35.6. The van der Waals surface area contributed by atoms with Gasteiger partial charge >= 0.3 is 0 Å². The van der Waals surface area contributed by atoms with Gasteiger partial charge in [-0.25, -0.2) is 18.7 Å². The number of aryl methyl sites for hydroxylation is 2. The average Bonchev–Trinajstić information content (AvgIpc) is 3.55. The van der Waals surface area contributed by atoms with Crippen LogP contribution >= 0.6 is 22.7 Å². The highest BCUT2D eigenvalue weighted by molar-refractivity contribution is 7.24. The van der Waals surface area contributed by atoms with E-state index in [0.717, 1.165) is 89.8 Å². The van der Waals surface area contributed by atoms with Crippen LogP contribution in [0.2, 0.25) is 0 Å². The molecule has 8 nitrogen and oxygen atoms in total. The summed E-state index contributed by atoms with van der Waals surface area (Å²) in [7, 11) is 0. The van der Waals surface area contributed by atoms with Crippen molar-refractivity contribution in [2.24, 2.45) is 0 Å². The normalized spacial score (nSPS) is 19.0. The van der Waals surface area contributed by atoms with Gasteiger partial charge in [-0.3, -0.25) is 0 Å². The fourth-order valence-electron chi connectivity index (χ4n) is 9.11. The van der Waals surface area contributed by atoms with Crippen LogP contribution in [-0.2, 0) is 9.47 Å². The van der Waals surface area contributed by atoms with Gasteiger partial charge in [-0.15, -0.1) is 0 Å². The minimum absolute atomic E-state index is 0.0778. The molecule has 0 amide bonds. The second-order valence-corrected chi connectivity index (χ2v) is 19.4. The van der Waals surface area contributed by atoms with Crippen molar-refractivity contribution in [1.82, 2.24) is 9.97 Å². The number of rotatable bonds is 5. The number of hydrogen-bond acceptors (Lipinski definition) is 8. The van der Waals surface area contributed by atoms with Gasteiger partial charge in [0, 0.05) is 112 Å². The van der Waals surface area contributed by atoms with Crippen molar-refractivity contribution in [3.8, 4) is 0 Å². The zero-order valence-corrected chi connectivity index (χ0v) is 37.2. The van der Waals surface area contributed by atoms with Crippen molar-refractivity contribution < 1.29 is 18.3 Å². The summed E-state index contributed by atoms with van der Waals surface area (Å²) in [5, 5.41) is 0. The Morgan fingerprint density at radius 3 is 1.57 bits per heavy atom. The first-order valence-corrected chi connectivity index (χ1v) is 23.7. The molecule has 10 rings (SSSR count). The van der Waals surface area contributed by atoms with Crippen LogP contribution in [-0.4, -0.2) is 94.7 Å². The number of aromatic nitrogens is 2. The van der Waals surface area contributed by atoms with E-state index in [1.807, 2.05) is 11.3 Å². The van der Waals surface area contributed by atoms with E-state index in [1.165, 1.54) is 81.9 Å². The number of ether oxygens (including phenoxy) is 2. The zero-order chi connectivity index (χ0) is 41.4. The second-order valence-electron chi connectivity index (χ2n) is 17.3. The molecule has 0 aliphatic carbocycles. The van der Waals surface area contributed by atoms with Crippen LogP contribution < -0.4 is 19.6 Å². The van der Waals surface area contributed by atoms with Gasteiger partial charge < -0.3 is 29.1 Å². The molecule has 4 aromatic carbocycles. The van der Waals surface area contributed by atoms with E-state index in [9.17, 15) is 8.78 Å².